The number of carbonyl (C=O) groups is 5. The number of hydrogen-bond acceptors (Lipinski definition) is 8. The number of rotatable bonds is 17. The van der Waals surface area contributed by atoms with E-state index >= 15 is 0 Å². The number of carboxylic acids is 1. The van der Waals surface area contributed by atoms with Crippen molar-refractivity contribution in [3.8, 4) is 0 Å². The topological polar surface area (TPSA) is 220 Å². The first-order valence-electron chi connectivity index (χ1n) is 11.6. The Morgan fingerprint density at radius 3 is 1.94 bits per heavy atom. The zero-order valence-electron chi connectivity index (χ0n) is 20.0. The molecule has 10 N–H and O–H groups in total. The molecule has 0 saturated carbocycles. The molecule has 0 radical (unpaired) electrons. The Labute approximate surface area is 215 Å². The first-order valence-corrected chi connectivity index (χ1v) is 12.2. The number of unbranched alkanes of at least 4 members (excludes halogenated alkanes) is 1. The third kappa shape index (κ3) is 11.5. The maximum Gasteiger partial charge on any atom is 0.326 e. The van der Waals surface area contributed by atoms with Crippen molar-refractivity contribution < 1.29 is 29.1 Å². The molecule has 12 nitrogen and oxygen atoms in total. The predicted molar refractivity (Wildman–Crippen MR) is 137 cm³/mol. The minimum absolute atomic E-state index is 0.0117. The molecule has 200 valence electrons. The van der Waals surface area contributed by atoms with E-state index in [1.165, 1.54) is 0 Å². The Balaban J connectivity index is 3.01. The fourth-order valence-electron chi connectivity index (χ4n) is 3.27. The number of amides is 4. The molecule has 0 fully saturated rings. The highest BCUT2D eigenvalue weighted by Crippen LogP contribution is 2.07. The van der Waals surface area contributed by atoms with Gasteiger partial charge in [0, 0.05) is 18.6 Å². The van der Waals surface area contributed by atoms with E-state index in [1.54, 1.807) is 30.3 Å². The van der Waals surface area contributed by atoms with Crippen LogP contribution in [0.1, 0.15) is 37.7 Å². The summed E-state index contributed by atoms with van der Waals surface area (Å²) in [5.41, 5.74) is 17.1. The molecular weight excluding hydrogens is 488 g/mol. The Morgan fingerprint density at radius 2 is 1.42 bits per heavy atom. The van der Waals surface area contributed by atoms with Crippen molar-refractivity contribution in [3.63, 3.8) is 0 Å². The van der Waals surface area contributed by atoms with E-state index in [1.807, 2.05) is 0 Å². The van der Waals surface area contributed by atoms with Gasteiger partial charge in [-0.2, -0.15) is 12.6 Å². The van der Waals surface area contributed by atoms with Crippen LogP contribution >= 0.6 is 12.6 Å². The van der Waals surface area contributed by atoms with Crippen molar-refractivity contribution in [1.82, 2.24) is 16.0 Å². The third-order valence-corrected chi connectivity index (χ3v) is 5.72. The lowest BCUT2D eigenvalue weighted by Crippen LogP contribution is -2.57. The summed E-state index contributed by atoms with van der Waals surface area (Å²) in [6.45, 7) is 0.389. The summed E-state index contributed by atoms with van der Waals surface area (Å²) < 4.78 is 0. The summed E-state index contributed by atoms with van der Waals surface area (Å²) >= 11 is 3.98. The minimum atomic E-state index is -1.28. The molecule has 1 aromatic rings. The smallest absolute Gasteiger partial charge is 0.326 e. The number of carboxylic acid groups (broad SMARTS) is 1. The second-order valence-corrected chi connectivity index (χ2v) is 8.66. The summed E-state index contributed by atoms with van der Waals surface area (Å²) in [5.74, 6) is -3.98. The van der Waals surface area contributed by atoms with Crippen molar-refractivity contribution in [3.05, 3.63) is 35.9 Å². The van der Waals surface area contributed by atoms with Crippen molar-refractivity contribution in [2.75, 3.05) is 12.3 Å². The van der Waals surface area contributed by atoms with Gasteiger partial charge in [-0.25, -0.2) is 4.79 Å². The SMILES string of the molecule is NCCCCC(NC(=O)C(N)CS)C(=O)NC(CCC(N)=O)C(=O)NC(Cc1ccccc1)C(=O)O. The number of carbonyl (C=O) groups excluding carboxylic acids is 4. The van der Waals surface area contributed by atoms with Gasteiger partial charge in [0.15, 0.2) is 0 Å². The van der Waals surface area contributed by atoms with E-state index in [9.17, 15) is 29.1 Å². The summed E-state index contributed by atoms with van der Waals surface area (Å²) in [6, 6.07) is 4.18. The van der Waals surface area contributed by atoms with Crippen LogP contribution in [-0.2, 0) is 30.4 Å². The molecule has 0 aliphatic rings. The van der Waals surface area contributed by atoms with Gasteiger partial charge in [-0.05, 0) is 37.8 Å². The molecule has 0 saturated heterocycles. The van der Waals surface area contributed by atoms with E-state index in [2.05, 4.69) is 28.6 Å². The molecule has 1 rings (SSSR count). The largest absolute Gasteiger partial charge is 0.480 e. The maximum absolute atomic E-state index is 13.0. The molecular formula is C23H36N6O6S. The van der Waals surface area contributed by atoms with Crippen LogP contribution in [0.25, 0.3) is 0 Å². The first-order chi connectivity index (χ1) is 17.1. The van der Waals surface area contributed by atoms with Crippen LogP contribution in [0.3, 0.4) is 0 Å². The quantitative estimate of drug-likeness (QED) is 0.0875. The lowest BCUT2D eigenvalue weighted by molar-refractivity contribution is -0.142. The van der Waals surface area contributed by atoms with Gasteiger partial charge in [0.1, 0.15) is 18.1 Å². The number of primary amides is 1. The molecule has 4 unspecified atom stereocenters. The van der Waals surface area contributed by atoms with Crippen LogP contribution in [-0.4, -0.2) is 71.2 Å². The van der Waals surface area contributed by atoms with Crippen LogP contribution < -0.4 is 33.2 Å². The van der Waals surface area contributed by atoms with Gasteiger partial charge < -0.3 is 38.3 Å². The standard InChI is InChI=1S/C23H36N6O6S/c24-11-5-4-8-16(27-20(31)15(25)13-36)21(32)28-17(9-10-19(26)30)22(33)29-18(23(34)35)12-14-6-2-1-3-7-14/h1-3,6-7,15-18,36H,4-5,8-13,24-25H2,(H2,26,30)(H,27,31)(H,28,32)(H,29,33)(H,34,35). The van der Waals surface area contributed by atoms with E-state index in [0.717, 1.165) is 0 Å². The highest BCUT2D eigenvalue weighted by atomic mass is 32.1. The van der Waals surface area contributed by atoms with Crippen LogP contribution in [0, 0.1) is 0 Å². The zero-order chi connectivity index (χ0) is 27.1. The van der Waals surface area contributed by atoms with E-state index in [-0.39, 0.29) is 31.4 Å². The minimum Gasteiger partial charge on any atom is -0.480 e. The number of benzene rings is 1. The third-order valence-electron chi connectivity index (χ3n) is 5.32. The summed E-state index contributed by atoms with van der Waals surface area (Å²) in [7, 11) is 0. The van der Waals surface area contributed by atoms with Gasteiger partial charge in [0.2, 0.25) is 23.6 Å². The predicted octanol–water partition coefficient (Wildman–Crippen LogP) is -1.58. The molecule has 0 bridgehead atoms. The van der Waals surface area contributed by atoms with Crippen molar-refractivity contribution in [2.45, 2.75) is 62.7 Å². The fraction of sp³-hybridized carbons (Fsp3) is 0.522. The van der Waals surface area contributed by atoms with Gasteiger partial charge in [-0.1, -0.05) is 30.3 Å². The summed E-state index contributed by atoms with van der Waals surface area (Å²) in [5, 5.41) is 17.1. The van der Waals surface area contributed by atoms with Crippen LogP contribution in [0.15, 0.2) is 30.3 Å². The highest BCUT2D eigenvalue weighted by molar-refractivity contribution is 7.80. The lowest BCUT2D eigenvalue weighted by atomic mass is 10.0. The average molecular weight is 525 g/mol. The molecule has 0 aromatic heterocycles. The highest BCUT2D eigenvalue weighted by Gasteiger charge is 2.30. The number of nitrogens with two attached hydrogens (primary N) is 3. The molecule has 4 atom stereocenters. The Morgan fingerprint density at radius 1 is 0.861 bits per heavy atom. The molecule has 0 aliphatic carbocycles. The van der Waals surface area contributed by atoms with Gasteiger partial charge >= 0.3 is 5.97 Å². The first kappa shape index (κ1) is 30.9. The summed E-state index contributed by atoms with van der Waals surface area (Å²) in [4.78, 5) is 61.4. The normalized spacial score (nSPS) is 14.1. The molecule has 1 aromatic carbocycles. The molecule has 36 heavy (non-hydrogen) atoms. The Kier molecular flexibility index (Phi) is 14.1. The van der Waals surface area contributed by atoms with Crippen LogP contribution in [0.5, 0.6) is 0 Å². The van der Waals surface area contributed by atoms with Crippen molar-refractivity contribution in [2.24, 2.45) is 17.2 Å². The van der Waals surface area contributed by atoms with Crippen LogP contribution in [0.4, 0.5) is 0 Å². The van der Waals surface area contributed by atoms with Gasteiger partial charge in [0.05, 0.1) is 6.04 Å². The fourth-order valence-corrected chi connectivity index (χ4v) is 3.44. The van der Waals surface area contributed by atoms with Gasteiger partial charge in [-0.15, -0.1) is 0 Å². The van der Waals surface area contributed by atoms with Gasteiger partial charge in [-0.3, -0.25) is 19.2 Å². The van der Waals surface area contributed by atoms with Crippen LogP contribution in [0.2, 0.25) is 0 Å². The Bertz CT molecular complexity index is 887. The molecule has 4 amide bonds. The summed E-state index contributed by atoms with van der Waals surface area (Å²) in [6.07, 6.45) is 0.959. The number of aliphatic carboxylic acids is 1. The van der Waals surface area contributed by atoms with Crippen molar-refractivity contribution >= 4 is 42.2 Å². The van der Waals surface area contributed by atoms with E-state index in [4.69, 9.17) is 17.2 Å². The molecule has 0 aliphatic heterocycles. The van der Waals surface area contributed by atoms with E-state index < -0.39 is 53.8 Å². The second-order valence-electron chi connectivity index (χ2n) is 8.29. The number of nitrogens with one attached hydrogen (secondary N) is 3. The Hall–Kier alpha value is -3.16. The van der Waals surface area contributed by atoms with Crippen molar-refractivity contribution in [1.29, 1.82) is 0 Å². The molecule has 13 heteroatoms. The average Bonchev–Trinajstić information content (AvgIpc) is 2.85. The second kappa shape index (κ2) is 16.5. The number of thiol groups is 1. The lowest BCUT2D eigenvalue weighted by Gasteiger charge is -2.25. The number of hydrogen-bond donors (Lipinski definition) is 8. The van der Waals surface area contributed by atoms with Gasteiger partial charge in [0.25, 0.3) is 0 Å². The molecule has 0 heterocycles. The molecule has 0 spiro atoms. The maximum atomic E-state index is 13.0. The monoisotopic (exact) mass is 524 g/mol. The van der Waals surface area contributed by atoms with E-state index in [0.29, 0.717) is 24.9 Å². The zero-order valence-corrected chi connectivity index (χ0v) is 20.9.